The summed E-state index contributed by atoms with van der Waals surface area (Å²) in [7, 11) is 0. The topological polar surface area (TPSA) is 105 Å². The van der Waals surface area contributed by atoms with Crippen molar-refractivity contribution in [3.8, 4) is 5.88 Å². The van der Waals surface area contributed by atoms with Crippen LogP contribution in [0.2, 0.25) is 0 Å². The number of nitrogens with one attached hydrogen (secondary N) is 1. The summed E-state index contributed by atoms with van der Waals surface area (Å²) in [4.78, 5) is 34.8. The van der Waals surface area contributed by atoms with Crippen molar-refractivity contribution in [2.24, 2.45) is 0 Å². The van der Waals surface area contributed by atoms with Gasteiger partial charge in [-0.05, 0) is 44.6 Å². The van der Waals surface area contributed by atoms with E-state index in [1.54, 1.807) is 12.4 Å². The van der Waals surface area contributed by atoms with Crippen molar-refractivity contribution in [1.29, 1.82) is 0 Å². The van der Waals surface area contributed by atoms with E-state index in [1.165, 1.54) is 29.5 Å². The molecule has 0 bridgehead atoms. The van der Waals surface area contributed by atoms with Crippen molar-refractivity contribution in [2.45, 2.75) is 80.2 Å². The molecule has 8 nitrogen and oxygen atoms in total. The Morgan fingerprint density at radius 2 is 1.85 bits per heavy atom. The number of amides is 2. The molecule has 0 aliphatic heterocycles. The maximum atomic E-state index is 13.4. The van der Waals surface area contributed by atoms with Gasteiger partial charge in [-0.2, -0.15) is 0 Å². The first-order chi connectivity index (χ1) is 16.1. The Hall–Kier alpha value is -2.33. The molecule has 2 aliphatic carbocycles. The van der Waals surface area contributed by atoms with Crippen molar-refractivity contribution in [3.63, 3.8) is 0 Å². The van der Waals surface area contributed by atoms with Crippen LogP contribution >= 0.6 is 23.1 Å². The minimum Gasteiger partial charge on any atom is -0.481 e. The minimum atomic E-state index is -0.870. The van der Waals surface area contributed by atoms with Crippen molar-refractivity contribution in [3.05, 3.63) is 30.6 Å². The standard InChI is InChI=1S/C23H30N4O4S2/c28-20(29)15-32-21-14-25-22(33-21)26-23(30)27(16-6-2-1-3-7-16)17-9-11-18(12-10-17)31-19-8-4-5-13-24-19/h4-5,8,13-14,16-18H,1-3,6-7,9-12,15H2,(H,28,29)(H,25,26,30)/t17-,18-. The molecule has 10 heteroatoms. The van der Waals surface area contributed by atoms with Gasteiger partial charge < -0.3 is 14.7 Å². The summed E-state index contributed by atoms with van der Waals surface area (Å²) in [6.45, 7) is 0. The second-order valence-electron chi connectivity index (χ2n) is 8.51. The van der Waals surface area contributed by atoms with Crippen molar-refractivity contribution in [1.82, 2.24) is 14.9 Å². The van der Waals surface area contributed by atoms with Crippen LogP contribution in [0.25, 0.3) is 0 Å². The number of ether oxygens (including phenoxy) is 1. The first kappa shape index (κ1) is 23.8. The highest BCUT2D eigenvalue weighted by Gasteiger charge is 2.35. The fraction of sp³-hybridized carbons (Fsp3) is 0.565. The van der Waals surface area contributed by atoms with Crippen LogP contribution in [0.4, 0.5) is 9.93 Å². The van der Waals surface area contributed by atoms with Gasteiger partial charge in [0.05, 0.1) is 16.2 Å². The molecule has 2 N–H and O–H groups in total. The quantitative estimate of drug-likeness (QED) is 0.486. The minimum absolute atomic E-state index is 0.0202. The Labute approximate surface area is 202 Å². The van der Waals surface area contributed by atoms with Crippen LogP contribution in [-0.4, -0.2) is 55.9 Å². The van der Waals surface area contributed by atoms with Crippen LogP contribution in [0, 0.1) is 0 Å². The third kappa shape index (κ3) is 6.83. The highest BCUT2D eigenvalue weighted by atomic mass is 32.2. The number of thioether (sulfide) groups is 1. The molecule has 0 aromatic carbocycles. The van der Waals surface area contributed by atoms with E-state index in [1.807, 2.05) is 18.2 Å². The predicted molar refractivity (Wildman–Crippen MR) is 129 cm³/mol. The van der Waals surface area contributed by atoms with Crippen LogP contribution in [0.5, 0.6) is 5.88 Å². The number of pyridine rings is 1. The number of thiazole rings is 1. The molecule has 0 atom stereocenters. The van der Waals surface area contributed by atoms with Gasteiger partial charge in [0, 0.05) is 24.3 Å². The van der Waals surface area contributed by atoms with E-state index in [2.05, 4.69) is 20.2 Å². The largest absolute Gasteiger partial charge is 0.481 e. The van der Waals surface area contributed by atoms with E-state index < -0.39 is 5.97 Å². The number of rotatable bonds is 8. The number of carbonyl (C=O) groups is 2. The molecule has 0 radical (unpaired) electrons. The van der Waals surface area contributed by atoms with E-state index >= 15 is 0 Å². The zero-order valence-corrected chi connectivity index (χ0v) is 20.2. The lowest BCUT2D eigenvalue weighted by Crippen LogP contribution is -2.51. The third-order valence-electron chi connectivity index (χ3n) is 6.20. The molecule has 0 spiro atoms. The van der Waals surface area contributed by atoms with E-state index in [4.69, 9.17) is 9.84 Å². The zero-order chi connectivity index (χ0) is 23.0. The number of nitrogens with zero attached hydrogens (tertiary/aromatic N) is 3. The lowest BCUT2D eigenvalue weighted by atomic mass is 9.88. The number of aliphatic carboxylic acids is 1. The van der Waals surface area contributed by atoms with Gasteiger partial charge in [-0.1, -0.05) is 36.7 Å². The molecule has 2 heterocycles. The Bertz CT molecular complexity index is 912. The fourth-order valence-electron chi connectivity index (χ4n) is 4.69. The van der Waals surface area contributed by atoms with Crippen LogP contribution in [0.1, 0.15) is 57.8 Å². The SMILES string of the molecule is O=C(O)CSc1cnc(NC(=O)N(C2CCCCC2)[C@H]2CC[C@H](Oc3ccccn3)CC2)s1. The molecule has 178 valence electrons. The number of carbonyl (C=O) groups excluding carboxylic acids is 1. The highest BCUT2D eigenvalue weighted by Crippen LogP contribution is 2.33. The maximum Gasteiger partial charge on any atom is 0.324 e. The number of aromatic nitrogens is 2. The number of hydrogen-bond acceptors (Lipinski definition) is 7. The summed E-state index contributed by atoms with van der Waals surface area (Å²) in [6, 6.07) is 6.01. The van der Waals surface area contributed by atoms with Gasteiger partial charge in [0.2, 0.25) is 5.88 Å². The number of carboxylic acid groups (broad SMARTS) is 1. The fourth-order valence-corrected chi connectivity index (χ4v) is 6.27. The molecule has 2 aliphatic rings. The number of anilines is 1. The average molecular weight is 491 g/mol. The van der Waals surface area contributed by atoms with Gasteiger partial charge in [-0.15, -0.1) is 11.8 Å². The van der Waals surface area contributed by atoms with Crippen molar-refractivity contribution < 1.29 is 19.4 Å². The summed E-state index contributed by atoms with van der Waals surface area (Å²) < 4.78 is 6.83. The third-order valence-corrected chi connectivity index (χ3v) is 8.29. The van der Waals surface area contributed by atoms with Gasteiger partial charge in [0.25, 0.3) is 0 Å². The van der Waals surface area contributed by atoms with Gasteiger partial charge in [-0.25, -0.2) is 14.8 Å². The number of urea groups is 1. The average Bonchev–Trinajstić information content (AvgIpc) is 3.27. The monoisotopic (exact) mass is 490 g/mol. The van der Waals surface area contributed by atoms with Crippen molar-refractivity contribution >= 4 is 40.2 Å². The van der Waals surface area contributed by atoms with Gasteiger partial charge >= 0.3 is 12.0 Å². The molecule has 2 aromatic rings. The molecule has 4 rings (SSSR count). The molecule has 2 fully saturated rings. The van der Waals surface area contributed by atoms with E-state index in [0.29, 0.717) is 11.0 Å². The zero-order valence-electron chi connectivity index (χ0n) is 18.5. The summed E-state index contributed by atoms with van der Waals surface area (Å²) in [5.41, 5.74) is 0. The molecular weight excluding hydrogens is 460 g/mol. The number of carboxylic acids is 1. The predicted octanol–water partition coefficient (Wildman–Crippen LogP) is 5.27. The van der Waals surface area contributed by atoms with Gasteiger partial charge in [-0.3, -0.25) is 10.1 Å². The highest BCUT2D eigenvalue weighted by molar-refractivity contribution is 8.01. The Balaban J connectivity index is 1.38. The van der Waals surface area contributed by atoms with Crippen LogP contribution < -0.4 is 10.1 Å². The molecule has 2 saturated carbocycles. The van der Waals surface area contributed by atoms with Crippen LogP contribution in [0.15, 0.2) is 34.8 Å². The van der Waals surface area contributed by atoms with Crippen LogP contribution in [-0.2, 0) is 4.79 Å². The van der Waals surface area contributed by atoms with E-state index in [-0.39, 0.29) is 30.0 Å². The molecule has 0 saturated heterocycles. The molecular formula is C23H30N4O4S2. The normalized spacial score (nSPS) is 21.3. The Morgan fingerprint density at radius 1 is 1.09 bits per heavy atom. The van der Waals surface area contributed by atoms with Gasteiger partial charge in [0.15, 0.2) is 5.13 Å². The van der Waals surface area contributed by atoms with Crippen LogP contribution in [0.3, 0.4) is 0 Å². The second kappa shape index (κ2) is 11.7. The van der Waals surface area contributed by atoms with Gasteiger partial charge in [0.1, 0.15) is 6.10 Å². The molecule has 33 heavy (non-hydrogen) atoms. The van der Waals surface area contributed by atoms with E-state index in [9.17, 15) is 9.59 Å². The summed E-state index contributed by atoms with van der Waals surface area (Å²) in [5.74, 6) is -0.235. The first-order valence-corrected chi connectivity index (χ1v) is 13.4. The van der Waals surface area contributed by atoms with Crippen molar-refractivity contribution in [2.75, 3.05) is 11.1 Å². The summed E-state index contributed by atoms with van der Waals surface area (Å²) in [6.07, 6.45) is 12.7. The second-order valence-corrected chi connectivity index (χ2v) is 10.8. The Kier molecular flexibility index (Phi) is 8.44. The lowest BCUT2D eigenvalue weighted by Gasteiger charge is -2.42. The summed E-state index contributed by atoms with van der Waals surface area (Å²) in [5, 5.41) is 12.4. The number of hydrogen-bond donors (Lipinski definition) is 2. The Morgan fingerprint density at radius 3 is 2.55 bits per heavy atom. The maximum absolute atomic E-state index is 13.4. The lowest BCUT2D eigenvalue weighted by molar-refractivity contribution is -0.133. The molecule has 0 unspecified atom stereocenters. The molecule has 2 aromatic heterocycles. The summed E-state index contributed by atoms with van der Waals surface area (Å²) >= 11 is 2.53. The smallest absolute Gasteiger partial charge is 0.324 e. The molecule has 2 amide bonds. The van der Waals surface area contributed by atoms with E-state index in [0.717, 1.165) is 55.6 Å². The first-order valence-electron chi connectivity index (χ1n) is 11.6.